The highest BCUT2D eigenvalue weighted by Gasteiger charge is 2.27. The van der Waals surface area contributed by atoms with Crippen molar-refractivity contribution in [3.05, 3.63) is 0 Å². The maximum absolute atomic E-state index is 12.0. The summed E-state index contributed by atoms with van der Waals surface area (Å²) >= 11 is 0. The molecule has 30 heavy (non-hydrogen) atoms. The van der Waals surface area contributed by atoms with Crippen LogP contribution in [-0.4, -0.2) is 69.9 Å². The number of ether oxygens (including phenoxy) is 2. The molecule has 0 heterocycles. The molecule has 11 nitrogen and oxygen atoms in total. The zero-order chi connectivity index (χ0) is 22.7. The van der Waals surface area contributed by atoms with Gasteiger partial charge in [0.1, 0.15) is 6.10 Å². The van der Waals surface area contributed by atoms with E-state index in [9.17, 15) is 19.0 Å². The number of carbonyl (C=O) groups is 2. The van der Waals surface area contributed by atoms with Crippen molar-refractivity contribution < 1.29 is 37.6 Å². The van der Waals surface area contributed by atoms with E-state index in [1.807, 2.05) is 0 Å². The second-order valence-corrected chi connectivity index (χ2v) is 7.85. The van der Waals surface area contributed by atoms with Crippen molar-refractivity contribution in [3.63, 3.8) is 0 Å². The largest absolute Gasteiger partial charge is 0.472 e. The summed E-state index contributed by atoms with van der Waals surface area (Å²) in [6.45, 7) is 0.680. The number of nitriles is 1. The Kier molecular flexibility index (Phi) is 17.3. The molecule has 0 saturated carbocycles. The molecule has 0 fully saturated rings. The Morgan fingerprint density at radius 1 is 0.967 bits per heavy atom. The van der Waals surface area contributed by atoms with Gasteiger partial charge in [-0.15, -0.1) is 0 Å². The van der Waals surface area contributed by atoms with Gasteiger partial charge in [0.25, 0.3) is 0 Å². The Morgan fingerprint density at radius 3 is 1.90 bits per heavy atom. The summed E-state index contributed by atoms with van der Waals surface area (Å²) in [4.78, 5) is 33.6. The van der Waals surface area contributed by atoms with Crippen LogP contribution in [0.15, 0.2) is 0 Å². The number of carbonyl (C=O) groups excluding carboxylic acids is 2. The van der Waals surface area contributed by atoms with Crippen LogP contribution in [0.25, 0.3) is 0 Å². The molecule has 0 saturated heterocycles. The maximum Gasteiger partial charge on any atom is 0.472 e. The first-order valence-corrected chi connectivity index (χ1v) is 11.4. The predicted molar refractivity (Wildman–Crippen MR) is 108 cm³/mol. The minimum atomic E-state index is -4.45. The number of rotatable bonds is 19. The molecule has 0 aromatic rings. The molecule has 3 N–H and O–H groups in total. The summed E-state index contributed by atoms with van der Waals surface area (Å²) < 4.78 is 31.7. The topological polar surface area (TPSA) is 156 Å². The molecule has 0 radical (unpaired) electrons. The summed E-state index contributed by atoms with van der Waals surface area (Å²) in [5, 5.41) is 13.7. The third-order valence-corrected chi connectivity index (χ3v) is 4.88. The van der Waals surface area contributed by atoms with Crippen LogP contribution in [-0.2, 0) is 32.7 Å². The van der Waals surface area contributed by atoms with Gasteiger partial charge in [0.2, 0.25) is 11.8 Å². The van der Waals surface area contributed by atoms with E-state index in [1.165, 1.54) is 0 Å². The Bertz CT molecular complexity index is 542. The summed E-state index contributed by atoms with van der Waals surface area (Å²) in [5.74, 6) is -0.493. The number of amides is 2. The van der Waals surface area contributed by atoms with Crippen LogP contribution < -0.4 is 10.6 Å². The Hall–Kier alpha value is -1.54. The zero-order valence-corrected chi connectivity index (χ0v) is 18.7. The van der Waals surface area contributed by atoms with Crippen molar-refractivity contribution in [2.45, 2.75) is 51.0 Å². The van der Waals surface area contributed by atoms with Gasteiger partial charge >= 0.3 is 7.82 Å². The molecule has 0 aromatic heterocycles. The number of phosphoric ester groups is 1. The van der Waals surface area contributed by atoms with Crippen molar-refractivity contribution in [2.24, 2.45) is 0 Å². The summed E-state index contributed by atoms with van der Waals surface area (Å²) in [5.41, 5.74) is 0. The first-order chi connectivity index (χ1) is 14.3. The quantitative estimate of drug-likeness (QED) is 0.194. The van der Waals surface area contributed by atoms with Crippen LogP contribution in [0.4, 0.5) is 0 Å². The third-order valence-electron chi connectivity index (χ3n) is 3.81. The lowest BCUT2D eigenvalue weighted by atomic mass is 10.2. The van der Waals surface area contributed by atoms with Crippen LogP contribution in [0.5, 0.6) is 0 Å². The molecule has 0 aliphatic rings. The number of unbranched alkanes of at least 4 members (excludes halogenated alkanes) is 2. The monoisotopic (exact) mass is 451 g/mol. The molecule has 0 aliphatic carbocycles. The molecular weight excluding hydrogens is 417 g/mol. The standard InChI is InChI=1S/C18H34N3O8P/c1-26-11-5-3-8-17(22)20-14-16(29-30(24,25)28-13-7-10-19)15-21-18(23)9-4-6-12-27-2/h16H,3-9,11-15H2,1-2H3,(H,20,22)(H,21,23)(H,24,25). The van der Waals surface area contributed by atoms with Gasteiger partial charge < -0.3 is 25.0 Å². The van der Waals surface area contributed by atoms with E-state index in [0.29, 0.717) is 26.1 Å². The number of nitrogens with one attached hydrogen (secondary N) is 2. The van der Waals surface area contributed by atoms with Crippen LogP contribution in [0.2, 0.25) is 0 Å². The normalized spacial score (nSPS) is 12.9. The fraction of sp³-hybridized carbons (Fsp3) is 0.833. The molecule has 0 rings (SSSR count). The highest BCUT2D eigenvalue weighted by Crippen LogP contribution is 2.44. The van der Waals surface area contributed by atoms with Gasteiger partial charge in [0.05, 0.1) is 19.1 Å². The number of hydrogen-bond donors (Lipinski definition) is 3. The van der Waals surface area contributed by atoms with Crippen LogP contribution in [0.1, 0.15) is 44.9 Å². The van der Waals surface area contributed by atoms with E-state index < -0.39 is 13.9 Å². The number of methoxy groups -OCH3 is 2. The number of nitrogens with zero attached hydrogens (tertiary/aromatic N) is 1. The summed E-state index contributed by atoms with van der Waals surface area (Å²) in [6, 6.07) is 1.79. The lowest BCUT2D eigenvalue weighted by Crippen LogP contribution is -2.41. The fourth-order valence-corrected chi connectivity index (χ4v) is 3.18. The fourth-order valence-electron chi connectivity index (χ4n) is 2.27. The Labute approximate surface area is 178 Å². The highest BCUT2D eigenvalue weighted by atomic mass is 31.2. The lowest BCUT2D eigenvalue weighted by Gasteiger charge is -2.21. The van der Waals surface area contributed by atoms with Gasteiger partial charge in [-0.3, -0.25) is 18.6 Å². The van der Waals surface area contributed by atoms with Crippen molar-refractivity contribution in [2.75, 3.05) is 47.1 Å². The third kappa shape index (κ3) is 17.3. The van der Waals surface area contributed by atoms with Gasteiger partial charge in [0.15, 0.2) is 0 Å². The highest BCUT2D eigenvalue weighted by molar-refractivity contribution is 7.47. The molecule has 12 heteroatoms. The van der Waals surface area contributed by atoms with Crippen molar-refractivity contribution in [1.29, 1.82) is 5.26 Å². The number of phosphoric acid groups is 1. The second-order valence-electron chi connectivity index (χ2n) is 6.45. The summed E-state index contributed by atoms with van der Waals surface area (Å²) in [6.07, 6.45) is 2.25. The van der Waals surface area contributed by atoms with E-state index in [4.69, 9.17) is 23.8 Å². The number of hydrogen-bond acceptors (Lipinski definition) is 8. The van der Waals surface area contributed by atoms with Crippen LogP contribution in [0.3, 0.4) is 0 Å². The predicted octanol–water partition coefficient (Wildman–Crippen LogP) is 1.27. The van der Waals surface area contributed by atoms with Gasteiger partial charge in [-0.2, -0.15) is 5.26 Å². The SMILES string of the molecule is COCCCCC(=O)NCC(CNC(=O)CCCCOC)OP(=O)(O)OCCC#N. The molecule has 1 atom stereocenters. The molecule has 2 amide bonds. The Balaban J connectivity index is 4.56. The second kappa shape index (κ2) is 18.2. The van der Waals surface area contributed by atoms with Gasteiger partial charge in [-0.25, -0.2) is 4.57 Å². The first kappa shape index (κ1) is 28.5. The molecule has 0 spiro atoms. The van der Waals surface area contributed by atoms with Crippen LogP contribution in [0, 0.1) is 11.3 Å². The average Bonchev–Trinajstić information content (AvgIpc) is 2.70. The minimum absolute atomic E-state index is 0.0744. The van der Waals surface area contributed by atoms with Crippen LogP contribution >= 0.6 is 7.82 Å². The molecule has 1 unspecified atom stereocenters. The van der Waals surface area contributed by atoms with E-state index in [2.05, 4.69) is 10.6 Å². The van der Waals surface area contributed by atoms with Gasteiger partial charge in [0, 0.05) is 53.4 Å². The smallest absolute Gasteiger partial charge is 0.385 e. The van der Waals surface area contributed by atoms with Crippen molar-refractivity contribution >= 4 is 19.6 Å². The van der Waals surface area contributed by atoms with Gasteiger partial charge in [-0.1, -0.05) is 0 Å². The van der Waals surface area contributed by atoms with Gasteiger partial charge in [-0.05, 0) is 25.7 Å². The van der Waals surface area contributed by atoms with E-state index >= 15 is 0 Å². The van der Waals surface area contributed by atoms with E-state index in [-0.39, 0.29) is 50.8 Å². The van der Waals surface area contributed by atoms with E-state index in [1.54, 1.807) is 20.3 Å². The maximum atomic E-state index is 12.0. The average molecular weight is 451 g/mol. The van der Waals surface area contributed by atoms with E-state index in [0.717, 1.165) is 12.8 Å². The lowest BCUT2D eigenvalue weighted by molar-refractivity contribution is -0.121. The van der Waals surface area contributed by atoms with Crippen molar-refractivity contribution in [1.82, 2.24) is 10.6 Å². The zero-order valence-electron chi connectivity index (χ0n) is 17.8. The van der Waals surface area contributed by atoms with Crippen molar-refractivity contribution in [3.8, 4) is 6.07 Å². The Morgan fingerprint density at radius 2 is 1.47 bits per heavy atom. The summed E-state index contributed by atoms with van der Waals surface area (Å²) in [7, 11) is -1.28. The minimum Gasteiger partial charge on any atom is -0.385 e. The molecule has 0 bridgehead atoms. The molecular formula is C18H34N3O8P. The molecule has 0 aliphatic heterocycles. The molecule has 174 valence electrons. The first-order valence-electron chi connectivity index (χ1n) is 9.88. The molecule has 0 aromatic carbocycles.